The van der Waals surface area contributed by atoms with E-state index in [4.69, 9.17) is 10.5 Å². The number of nitrogens with one attached hydrogen (secondary N) is 1. The number of hydrogen-bond donors (Lipinski definition) is 2. The van der Waals surface area contributed by atoms with Crippen LogP contribution in [0.3, 0.4) is 0 Å². The summed E-state index contributed by atoms with van der Waals surface area (Å²) in [6.07, 6.45) is 8.06. The Bertz CT molecular complexity index is 745. The number of fused-ring (bicyclic) bond motifs is 1. The second-order valence-electron chi connectivity index (χ2n) is 6.85. The molecule has 1 atom stereocenters. The Morgan fingerprint density at radius 2 is 2.08 bits per heavy atom. The van der Waals surface area contributed by atoms with Crippen LogP contribution in [0.2, 0.25) is 0 Å². The topological polar surface area (TPSA) is 98.8 Å². The van der Waals surface area contributed by atoms with Gasteiger partial charge in [0.05, 0.1) is 6.10 Å². The zero-order chi connectivity index (χ0) is 17.1. The first-order valence-corrected chi connectivity index (χ1v) is 9.01. The third-order valence-electron chi connectivity index (χ3n) is 4.80. The molecule has 1 fully saturated rings. The van der Waals surface area contributed by atoms with Gasteiger partial charge in [-0.15, -0.1) is 0 Å². The van der Waals surface area contributed by atoms with E-state index in [2.05, 4.69) is 21.9 Å². The molecule has 7 nitrogen and oxygen atoms in total. The lowest BCUT2D eigenvalue weighted by atomic mass is 9.89. The van der Waals surface area contributed by atoms with Gasteiger partial charge in [0.2, 0.25) is 0 Å². The molecule has 1 saturated carbocycles. The fraction of sp³-hybridized carbons (Fsp3) is 0.706. The third kappa shape index (κ3) is 3.55. The Kier molecular flexibility index (Phi) is 5.06. The molecule has 7 heteroatoms. The quantitative estimate of drug-likeness (QED) is 0.847. The van der Waals surface area contributed by atoms with Crippen molar-refractivity contribution in [1.29, 1.82) is 0 Å². The van der Waals surface area contributed by atoms with Crippen molar-refractivity contribution >= 4 is 17.0 Å². The summed E-state index contributed by atoms with van der Waals surface area (Å²) in [7, 11) is 0. The average molecular weight is 333 g/mol. The fourth-order valence-electron chi connectivity index (χ4n) is 3.53. The molecule has 0 saturated heterocycles. The largest absolute Gasteiger partial charge is 0.460 e. The number of imidazole rings is 1. The highest BCUT2D eigenvalue weighted by molar-refractivity contribution is 5.81. The number of aromatic nitrogens is 4. The number of aromatic amines is 1. The number of hydrogen-bond acceptors (Lipinski definition) is 5. The highest BCUT2D eigenvalue weighted by Gasteiger charge is 2.20. The lowest BCUT2D eigenvalue weighted by Gasteiger charge is -2.21. The van der Waals surface area contributed by atoms with Crippen molar-refractivity contribution < 1.29 is 4.74 Å². The minimum absolute atomic E-state index is 0.0179. The predicted octanol–water partition coefficient (Wildman–Crippen LogP) is 2.85. The summed E-state index contributed by atoms with van der Waals surface area (Å²) in [6, 6.07) is 0.248. The van der Waals surface area contributed by atoms with Crippen molar-refractivity contribution in [1.82, 2.24) is 19.5 Å². The van der Waals surface area contributed by atoms with Crippen LogP contribution < -0.4 is 16.2 Å². The van der Waals surface area contributed by atoms with Gasteiger partial charge < -0.3 is 15.5 Å². The van der Waals surface area contributed by atoms with Crippen molar-refractivity contribution in [2.75, 3.05) is 5.73 Å². The van der Waals surface area contributed by atoms with Gasteiger partial charge in [0.15, 0.2) is 11.5 Å². The van der Waals surface area contributed by atoms with E-state index in [1.165, 1.54) is 19.3 Å². The minimum atomic E-state index is -0.171. The normalized spacial score (nSPS) is 17.2. The number of nitrogens with zero attached hydrogens (tertiary/aromatic N) is 3. The number of anilines is 1. The summed E-state index contributed by atoms with van der Waals surface area (Å²) in [4.78, 5) is 23.8. The molecule has 2 heterocycles. The lowest BCUT2D eigenvalue weighted by Crippen LogP contribution is -2.23. The maximum atomic E-state index is 12.3. The van der Waals surface area contributed by atoms with Gasteiger partial charge in [-0.3, -0.25) is 4.57 Å². The molecule has 0 radical (unpaired) electrons. The number of rotatable bonds is 6. The first-order chi connectivity index (χ1) is 11.6. The van der Waals surface area contributed by atoms with Crippen LogP contribution >= 0.6 is 0 Å². The Labute approximate surface area is 141 Å². The predicted molar refractivity (Wildman–Crippen MR) is 94.1 cm³/mol. The molecule has 3 N–H and O–H groups in total. The number of nitrogens with two attached hydrogens (primary N) is 1. The zero-order valence-electron chi connectivity index (χ0n) is 14.5. The van der Waals surface area contributed by atoms with Crippen LogP contribution in [0.25, 0.3) is 11.2 Å². The Morgan fingerprint density at radius 1 is 1.33 bits per heavy atom. The van der Waals surface area contributed by atoms with Gasteiger partial charge >= 0.3 is 11.7 Å². The molecule has 3 rings (SSSR count). The van der Waals surface area contributed by atoms with Crippen LogP contribution in [0, 0.1) is 5.92 Å². The van der Waals surface area contributed by atoms with Gasteiger partial charge in [-0.1, -0.05) is 32.6 Å². The van der Waals surface area contributed by atoms with Gasteiger partial charge in [0.1, 0.15) is 5.52 Å². The van der Waals surface area contributed by atoms with E-state index in [0.717, 1.165) is 25.7 Å². The SMILES string of the molecule is CCC[C@H](C)Oc1nc(N)c2[nH]c(=O)n(CC3CCCCC3)c2n1. The number of ether oxygens (including phenoxy) is 1. The van der Waals surface area contributed by atoms with Crippen molar-refractivity contribution in [2.24, 2.45) is 5.92 Å². The third-order valence-corrected chi connectivity index (χ3v) is 4.80. The molecular formula is C17H27N5O2. The van der Waals surface area contributed by atoms with E-state index >= 15 is 0 Å². The zero-order valence-corrected chi connectivity index (χ0v) is 14.5. The molecule has 0 bridgehead atoms. The second kappa shape index (κ2) is 7.23. The molecule has 0 unspecified atom stereocenters. The van der Waals surface area contributed by atoms with Gasteiger partial charge in [0, 0.05) is 6.54 Å². The summed E-state index contributed by atoms with van der Waals surface area (Å²) >= 11 is 0. The lowest BCUT2D eigenvalue weighted by molar-refractivity contribution is 0.193. The highest BCUT2D eigenvalue weighted by atomic mass is 16.5. The van der Waals surface area contributed by atoms with E-state index in [0.29, 0.717) is 23.6 Å². The summed E-state index contributed by atoms with van der Waals surface area (Å²) < 4.78 is 7.46. The molecule has 132 valence electrons. The maximum absolute atomic E-state index is 12.3. The average Bonchev–Trinajstić information content (AvgIpc) is 2.86. The first-order valence-electron chi connectivity index (χ1n) is 9.01. The number of H-pyrrole nitrogens is 1. The Hall–Kier alpha value is -2.05. The molecule has 2 aromatic rings. The van der Waals surface area contributed by atoms with Crippen molar-refractivity contribution in [3.05, 3.63) is 10.5 Å². The summed E-state index contributed by atoms with van der Waals surface area (Å²) in [5.41, 5.74) is 6.89. The van der Waals surface area contributed by atoms with Crippen LogP contribution in [0.1, 0.15) is 58.8 Å². The molecule has 0 aromatic carbocycles. The molecular weight excluding hydrogens is 306 g/mol. The van der Waals surface area contributed by atoms with Gasteiger partial charge in [0.25, 0.3) is 0 Å². The Morgan fingerprint density at radius 3 is 2.79 bits per heavy atom. The van der Waals surface area contributed by atoms with E-state index < -0.39 is 0 Å². The minimum Gasteiger partial charge on any atom is -0.460 e. The molecule has 0 amide bonds. The monoisotopic (exact) mass is 333 g/mol. The van der Waals surface area contributed by atoms with Crippen LogP contribution in [-0.2, 0) is 6.54 Å². The highest BCUT2D eigenvalue weighted by Crippen LogP contribution is 2.26. The first kappa shape index (κ1) is 16.8. The van der Waals surface area contributed by atoms with Gasteiger partial charge in [-0.2, -0.15) is 9.97 Å². The van der Waals surface area contributed by atoms with E-state index in [1.54, 1.807) is 4.57 Å². The van der Waals surface area contributed by atoms with Crippen molar-refractivity contribution in [3.8, 4) is 6.01 Å². The summed E-state index contributed by atoms with van der Waals surface area (Å²) in [5, 5.41) is 0. The smallest absolute Gasteiger partial charge is 0.327 e. The van der Waals surface area contributed by atoms with Crippen LogP contribution in [0.15, 0.2) is 4.79 Å². The van der Waals surface area contributed by atoms with Crippen LogP contribution in [-0.4, -0.2) is 25.6 Å². The molecule has 2 aromatic heterocycles. The summed E-state index contributed by atoms with van der Waals surface area (Å²) in [6.45, 7) is 4.77. The second-order valence-corrected chi connectivity index (χ2v) is 6.85. The molecule has 1 aliphatic rings. The van der Waals surface area contributed by atoms with Crippen LogP contribution in [0.4, 0.5) is 5.82 Å². The Balaban J connectivity index is 1.91. The van der Waals surface area contributed by atoms with Gasteiger partial charge in [-0.05, 0) is 32.1 Å². The van der Waals surface area contributed by atoms with Crippen molar-refractivity contribution in [3.63, 3.8) is 0 Å². The molecule has 0 aliphatic heterocycles. The summed E-state index contributed by atoms with van der Waals surface area (Å²) in [5.74, 6) is 0.785. The van der Waals surface area contributed by atoms with E-state index in [-0.39, 0.29) is 23.6 Å². The molecule has 0 spiro atoms. The van der Waals surface area contributed by atoms with Crippen molar-refractivity contribution in [2.45, 2.75) is 71.4 Å². The molecule has 24 heavy (non-hydrogen) atoms. The van der Waals surface area contributed by atoms with E-state index in [1.807, 2.05) is 6.92 Å². The maximum Gasteiger partial charge on any atom is 0.327 e. The van der Waals surface area contributed by atoms with E-state index in [9.17, 15) is 4.79 Å². The number of nitrogen functional groups attached to an aromatic ring is 1. The fourth-order valence-corrected chi connectivity index (χ4v) is 3.53. The van der Waals surface area contributed by atoms with Crippen LogP contribution in [0.5, 0.6) is 6.01 Å². The standard InChI is InChI=1S/C17H27N5O2/c1-3-7-11(2)24-16-20-14(18)13-15(21-16)22(17(23)19-13)10-12-8-5-4-6-9-12/h11-12H,3-10H2,1-2H3,(H,19,23)(H2,18,20,21)/t11-/m0/s1. The molecule has 1 aliphatic carbocycles. The van der Waals surface area contributed by atoms with Gasteiger partial charge in [-0.25, -0.2) is 4.79 Å².